The van der Waals surface area contributed by atoms with Crippen LogP contribution >= 0.6 is 7.60 Å². The van der Waals surface area contributed by atoms with Crippen LogP contribution in [0.4, 0.5) is 25.0 Å². The minimum Gasteiger partial charge on any atom is -0.479 e. The predicted molar refractivity (Wildman–Crippen MR) is 313 cm³/mol. The van der Waals surface area contributed by atoms with E-state index in [0.717, 1.165) is 15.8 Å². The zero-order valence-corrected chi connectivity index (χ0v) is 49.6. The highest BCUT2D eigenvalue weighted by atomic mass is 31.2. The van der Waals surface area contributed by atoms with Gasteiger partial charge in [-0.25, -0.2) is 23.7 Å². The standard InChI is InChI=1S/C64H72N5O13P/c1-61(2,3)78-58(71)68(59(72)79-62(4,5)6)56-50-38-45(35-36-51(50)69(65-56)60(73)80-63(7,8)9)40-66-52(39-43-25-16-12-17-26-43)54-55(77-64(10,11)76-54)53(46-28-18-13-19-29-46)67(57(66)70)41-44-27-24-34-49(37-44)75-42-83(74,81-47-30-20-14-21-31-47)82-48-32-22-15-23-33-48/h12-38,52-55H,39-42H2,1-11H3/t52-,53?,54+,55+/m1/s1. The lowest BCUT2D eigenvalue weighted by Gasteiger charge is -2.37. The fourth-order valence-electron chi connectivity index (χ4n) is 9.95. The highest BCUT2D eigenvalue weighted by molar-refractivity contribution is 7.54. The summed E-state index contributed by atoms with van der Waals surface area (Å²) in [4.78, 5) is 63.2. The van der Waals surface area contributed by atoms with E-state index in [1.807, 2.05) is 92.7 Å². The Morgan fingerprint density at radius 1 is 0.590 bits per heavy atom. The molecule has 1 unspecified atom stereocenters. The highest BCUT2D eigenvalue weighted by Gasteiger charge is 2.56. The molecule has 6 aromatic carbocycles. The van der Waals surface area contributed by atoms with Crippen molar-refractivity contribution < 1.29 is 61.2 Å². The monoisotopic (exact) mass is 1150 g/mol. The molecule has 2 fully saturated rings. The Labute approximate surface area is 484 Å². The van der Waals surface area contributed by atoms with Crippen LogP contribution in [0.5, 0.6) is 17.2 Å². The number of nitrogens with zero attached hydrogens (tertiary/aromatic N) is 5. The Bertz CT molecular complexity index is 3400. The summed E-state index contributed by atoms with van der Waals surface area (Å²) in [6.45, 7) is 18.8. The molecule has 7 aromatic rings. The van der Waals surface area contributed by atoms with Gasteiger partial charge in [0.2, 0.25) is 6.35 Å². The summed E-state index contributed by atoms with van der Waals surface area (Å²) in [6.07, 6.45) is -4.62. The topological polar surface area (TPSA) is 187 Å². The van der Waals surface area contributed by atoms with Gasteiger partial charge < -0.3 is 47.3 Å². The van der Waals surface area contributed by atoms with Crippen LogP contribution < -0.4 is 18.7 Å². The smallest absolute Gasteiger partial charge is 0.468 e. The number of carbonyl (C=O) groups is 4. The molecule has 1 aromatic heterocycles. The van der Waals surface area contributed by atoms with Gasteiger partial charge in [0.1, 0.15) is 46.3 Å². The number of hydrogen-bond donors (Lipinski definition) is 0. The normalized spacial score (nSPS) is 18.2. The van der Waals surface area contributed by atoms with Gasteiger partial charge in [0, 0.05) is 18.5 Å². The molecule has 436 valence electrons. The molecule has 18 nitrogen and oxygen atoms in total. The van der Waals surface area contributed by atoms with Crippen LogP contribution in [-0.2, 0) is 47.8 Å². The molecule has 2 aliphatic heterocycles. The summed E-state index contributed by atoms with van der Waals surface area (Å²) < 4.78 is 65.2. The SMILES string of the molecule is CC(C)(C)OC(=O)N(C(=O)OC(C)(C)C)c1nn(C(=O)OC(C)(C)C)c2ccc(CN3C(=O)N(Cc4cccc(OCP(=O)(Oc5ccccc5)Oc5ccccc5)c4)C(c4ccccc4)[C@@H]4OC(C)(C)O[C@H]4[C@H]3Cc3ccccc3)cc12. The summed E-state index contributed by atoms with van der Waals surface area (Å²) in [5, 5.41) is 4.77. The number of para-hydroxylation sites is 2. The van der Waals surface area contributed by atoms with Gasteiger partial charge in [-0.05, 0) is 153 Å². The molecule has 0 bridgehead atoms. The number of hydrogen-bond acceptors (Lipinski definition) is 14. The van der Waals surface area contributed by atoms with Crippen LogP contribution in [0.25, 0.3) is 10.9 Å². The largest absolute Gasteiger partial charge is 0.479 e. The number of fused-ring (bicyclic) bond motifs is 2. The number of imide groups is 1. The number of ether oxygens (including phenoxy) is 6. The zero-order chi connectivity index (χ0) is 59.5. The van der Waals surface area contributed by atoms with E-state index in [0.29, 0.717) is 39.7 Å². The number of carbonyl (C=O) groups excluding carboxylic acids is 4. The van der Waals surface area contributed by atoms with Crippen LogP contribution in [-0.4, -0.2) is 91.1 Å². The molecule has 0 spiro atoms. The summed E-state index contributed by atoms with van der Waals surface area (Å²) in [5.41, 5.74) is 0.0305. The molecular formula is C64H72N5O13P. The quantitative estimate of drug-likeness (QED) is 0.0697. The number of anilines is 1. The van der Waals surface area contributed by atoms with Crippen LogP contribution in [0.15, 0.2) is 164 Å². The van der Waals surface area contributed by atoms with Gasteiger partial charge in [0.15, 0.2) is 11.6 Å². The fourth-order valence-corrected chi connectivity index (χ4v) is 11.3. The minimum atomic E-state index is -4.01. The van der Waals surface area contributed by atoms with Crippen molar-refractivity contribution in [3.05, 3.63) is 186 Å². The number of benzene rings is 6. The van der Waals surface area contributed by atoms with Gasteiger partial charge in [0.25, 0.3) is 0 Å². The predicted octanol–water partition coefficient (Wildman–Crippen LogP) is 14.5. The number of urea groups is 1. The first-order valence-corrected chi connectivity index (χ1v) is 29.3. The second kappa shape index (κ2) is 24.0. The molecule has 4 amide bonds. The van der Waals surface area contributed by atoms with Crippen LogP contribution in [0.1, 0.15) is 104 Å². The van der Waals surface area contributed by atoms with Gasteiger partial charge in [-0.2, -0.15) is 9.58 Å². The van der Waals surface area contributed by atoms with E-state index in [-0.39, 0.29) is 35.8 Å². The van der Waals surface area contributed by atoms with Gasteiger partial charge in [-0.1, -0.05) is 115 Å². The average Bonchev–Trinajstić information content (AvgIpc) is 2.14. The Morgan fingerprint density at radius 2 is 1.08 bits per heavy atom. The van der Waals surface area contributed by atoms with E-state index in [1.54, 1.807) is 157 Å². The molecule has 3 heterocycles. The third-order valence-corrected chi connectivity index (χ3v) is 14.6. The maximum Gasteiger partial charge on any atom is 0.468 e. The summed E-state index contributed by atoms with van der Waals surface area (Å²) in [7, 11) is -4.01. The van der Waals surface area contributed by atoms with E-state index in [2.05, 4.69) is 5.10 Å². The first-order chi connectivity index (χ1) is 39.2. The van der Waals surface area contributed by atoms with Crippen molar-refractivity contribution in [1.82, 2.24) is 19.6 Å². The highest BCUT2D eigenvalue weighted by Crippen LogP contribution is 2.49. The number of rotatable bonds is 15. The van der Waals surface area contributed by atoms with Gasteiger partial charge in [-0.15, -0.1) is 5.10 Å². The van der Waals surface area contributed by atoms with E-state index >= 15 is 4.79 Å². The average molecular weight is 1150 g/mol. The van der Waals surface area contributed by atoms with E-state index < -0.39 is 79.1 Å². The van der Waals surface area contributed by atoms with E-state index in [1.165, 1.54) is 0 Å². The van der Waals surface area contributed by atoms with Crippen molar-refractivity contribution in [1.29, 1.82) is 0 Å². The molecule has 0 saturated carbocycles. The van der Waals surface area contributed by atoms with Gasteiger partial charge in [-0.3, -0.25) is 0 Å². The van der Waals surface area contributed by atoms with Crippen LogP contribution in [0, 0.1) is 0 Å². The molecule has 0 aliphatic carbocycles. The Balaban J connectivity index is 1.16. The van der Waals surface area contributed by atoms with Crippen molar-refractivity contribution in [2.45, 2.75) is 143 Å². The van der Waals surface area contributed by atoms with Crippen molar-refractivity contribution in [3.63, 3.8) is 0 Å². The van der Waals surface area contributed by atoms with Crippen LogP contribution in [0.3, 0.4) is 0 Å². The summed E-state index contributed by atoms with van der Waals surface area (Å²) >= 11 is 0. The van der Waals surface area contributed by atoms with E-state index in [9.17, 15) is 18.9 Å². The number of aromatic nitrogens is 2. The lowest BCUT2D eigenvalue weighted by molar-refractivity contribution is -0.158. The molecular weight excluding hydrogens is 1080 g/mol. The second-order valence-electron chi connectivity index (χ2n) is 23.9. The molecule has 2 aliphatic rings. The first-order valence-electron chi connectivity index (χ1n) is 27.5. The molecule has 4 atom stereocenters. The number of amides is 4. The third-order valence-electron chi connectivity index (χ3n) is 13.1. The molecule has 19 heteroatoms. The summed E-state index contributed by atoms with van der Waals surface area (Å²) in [5.74, 6) is -0.348. The maximum atomic E-state index is 16.4. The molecule has 0 radical (unpaired) electrons. The first kappa shape index (κ1) is 59.4. The Kier molecular flexibility index (Phi) is 17.2. The minimum absolute atomic E-state index is 0.0302. The summed E-state index contributed by atoms with van der Waals surface area (Å²) in [6, 6.07) is 47.5. The fraction of sp³-hybridized carbons (Fsp3) is 0.359. The Morgan fingerprint density at radius 3 is 1.65 bits per heavy atom. The maximum absolute atomic E-state index is 16.4. The zero-order valence-electron chi connectivity index (χ0n) is 48.7. The second-order valence-corrected chi connectivity index (χ2v) is 25.8. The van der Waals surface area contributed by atoms with Crippen molar-refractivity contribution >= 4 is 48.6 Å². The molecule has 0 N–H and O–H groups in total. The van der Waals surface area contributed by atoms with Crippen molar-refractivity contribution in [2.75, 3.05) is 11.2 Å². The van der Waals surface area contributed by atoms with Crippen molar-refractivity contribution in [2.24, 2.45) is 0 Å². The van der Waals surface area contributed by atoms with Gasteiger partial charge in [0.05, 0.1) is 17.6 Å². The van der Waals surface area contributed by atoms with E-state index in [4.69, 9.17) is 37.5 Å². The third kappa shape index (κ3) is 14.9. The molecule has 9 rings (SSSR count). The molecule has 83 heavy (non-hydrogen) atoms. The van der Waals surface area contributed by atoms with Gasteiger partial charge >= 0.3 is 31.9 Å². The Hall–Kier alpha value is -8.18. The molecule has 2 saturated heterocycles. The van der Waals surface area contributed by atoms with Crippen LogP contribution in [0.2, 0.25) is 0 Å². The van der Waals surface area contributed by atoms with Crippen molar-refractivity contribution in [3.8, 4) is 17.2 Å². The lowest BCUT2D eigenvalue weighted by atomic mass is 9.90. The lowest BCUT2D eigenvalue weighted by Crippen LogP contribution is -2.50.